The fourth-order valence-electron chi connectivity index (χ4n) is 2.36. The van der Waals surface area contributed by atoms with Crippen LogP contribution in [0.25, 0.3) is 5.82 Å². The number of nitrogens with zero attached hydrogens (tertiary/aromatic N) is 3. The number of carbonyl (C=O) groups is 1. The van der Waals surface area contributed by atoms with Gasteiger partial charge in [-0.25, -0.2) is 9.78 Å². The van der Waals surface area contributed by atoms with E-state index in [0.29, 0.717) is 28.2 Å². The van der Waals surface area contributed by atoms with Crippen LogP contribution in [0.5, 0.6) is 0 Å². The van der Waals surface area contributed by atoms with Crippen LogP contribution in [0.4, 0.5) is 18.9 Å². The van der Waals surface area contributed by atoms with E-state index in [1.165, 1.54) is 35.1 Å². The summed E-state index contributed by atoms with van der Waals surface area (Å²) < 4.78 is 38.9. The highest BCUT2D eigenvalue weighted by Crippen LogP contribution is 2.32. The number of aromatic amines is 1. The number of hydrogen-bond acceptors (Lipinski definition) is 5. The highest BCUT2D eigenvalue weighted by Gasteiger charge is 2.28. The fourth-order valence-corrected chi connectivity index (χ4v) is 3.13. The molecular formula is C17H14F3N5O2S. The van der Waals surface area contributed by atoms with Gasteiger partial charge in [-0.1, -0.05) is 12.1 Å². The largest absolute Gasteiger partial charge is 0.398 e. The predicted octanol–water partition coefficient (Wildman–Crippen LogP) is 3.17. The van der Waals surface area contributed by atoms with Crippen molar-refractivity contribution in [3.63, 3.8) is 0 Å². The molecule has 0 radical (unpaired) electrons. The number of H-pyrrole nitrogens is 1. The minimum Gasteiger partial charge on any atom is -0.321 e. The molecule has 0 unspecified atom stereocenters. The van der Waals surface area contributed by atoms with Crippen molar-refractivity contribution in [1.82, 2.24) is 20.0 Å². The third kappa shape index (κ3) is 4.60. The van der Waals surface area contributed by atoms with Crippen LogP contribution >= 0.6 is 11.8 Å². The summed E-state index contributed by atoms with van der Waals surface area (Å²) in [7, 11) is 0. The molecular weight excluding hydrogens is 395 g/mol. The zero-order valence-corrected chi connectivity index (χ0v) is 15.3. The molecule has 0 bridgehead atoms. The SMILES string of the molecule is Cc1c(C(=O)Nc2ccccc2SCC(F)(F)F)cnn1-c1ccc(=O)[nH]n1. The lowest BCUT2D eigenvalue weighted by atomic mass is 10.2. The molecule has 1 aromatic carbocycles. The molecule has 7 nitrogen and oxygen atoms in total. The molecule has 11 heteroatoms. The summed E-state index contributed by atoms with van der Waals surface area (Å²) >= 11 is 0.594. The molecule has 3 aromatic rings. The van der Waals surface area contributed by atoms with Crippen LogP contribution < -0.4 is 10.9 Å². The van der Waals surface area contributed by atoms with Crippen molar-refractivity contribution >= 4 is 23.4 Å². The number of anilines is 1. The Balaban J connectivity index is 1.81. The van der Waals surface area contributed by atoms with Crippen LogP contribution in [-0.2, 0) is 0 Å². The number of thioether (sulfide) groups is 1. The maximum atomic E-state index is 12.6. The second-order valence-corrected chi connectivity index (χ2v) is 6.71. The van der Waals surface area contributed by atoms with Gasteiger partial charge in [0.15, 0.2) is 5.82 Å². The summed E-state index contributed by atoms with van der Waals surface area (Å²) in [5.41, 5.74) is 0.580. The molecule has 0 spiro atoms. The van der Waals surface area contributed by atoms with Gasteiger partial charge in [0.05, 0.1) is 28.9 Å². The maximum absolute atomic E-state index is 12.6. The van der Waals surface area contributed by atoms with Crippen molar-refractivity contribution in [3.8, 4) is 5.82 Å². The summed E-state index contributed by atoms with van der Waals surface area (Å²) in [5, 5.41) is 12.8. The molecule has 2 N–H and O–H groups in total. The molecule has 146 valence electrons. The van der Waals surface area contributed by atoms with Crippen LogP contribution in [0, 0.1) is 6.92 Å². The van der Waals surface area contributed by atoms with Gasteiger partial charge in [-0.3, -0.25) is 9.59 Å². The quantitative estimate of drug-likeness (QED) is 0.632. The summed E-state index contributed by atoms with van der Waals surface area (Å²) in [5.74, 6) is -1.26. The normalized spacial score (nSPS) is 11.4. The van der Waals surface area contributed by atoms with Crippen LogP contribution in [0.2, 0.25) is 0 Å². The van der Waals surface area contributed by atoms with E-state index in [2.05, 4.69) is 20.6 Å². The van der Waals surface area contributed by atoms with Gasteiger partial charge in [0.2, 0.25) is 0 Å². The smallest absolute Gasteiger partial charge is 0.321 e. The van der Waals surface area contributed by atoms with Crippen molar-refractivity contribution in [3.05, 3.63) is 64.2 Å². The Hall–Kier alpha value is -3.08. The Kier molecular flexibility index (Phi) is 5.54. The second kappa shape index (κ2) is 7.89. The van der Waals surface area contributed by atoms with Gasteiger partial charge in [0, 0.05) is 11.0 Å². The maximum Gasteiger partial charge on any atom is 0.398 e. The topological polar surface area (TPSA) is 92.7 Å². The highest BCUT2D eigenvalue weighted by molar-refractivity contribution is 7.99. The van der Waals surface area contributed by atoms with E-state index in [1.54, 1.807) is 19.1 Å². The van der Waals surface area contributed by atoms with E-state index in [4.69, 9.17) is 0 Å². The number of para-hydroxylation sites is 1. The van der Waals surface area contributed by atoms with Gasteiger partial charge < -0.3 is 5.32 Å². The molecule has 3 rings (SSSR count). The predicted molar refractivity (Wildman–Crippen MR) is 97.9 cm³/mol. The summed E-state index contributed by atoms with van der Waals surface area (Å²) in [6, 6.07) is 8.97. The number of aromatic nitrogens is 4. The summed E-state index contributed by atoms with van der Waals surface area (Å²) in [6.07, 6.45) is -2.99. The molecule has 28 heavy (non-hydrogen) atoms. The molecule has 0 aliphatic rings. The molecule has 0 atom stereocenters. The van der Waals surface area contributed by atoms with E-state index in [9.17, 15) is 22.8 Å². The molecule has 0 saturated carbocycles. The van der Waals surface area contributed by atoms with E-state index >= 15 is 0 Å². The first-order chi connectivity index (χ1) is 13.2. The van der Waals surface area contributed by atoms with Crippen molar-refractivity contribution in [2.45, 2.75) is 18.0 Å². The van der Waals surface area contributed by atoms with Gasteiger partial charge in [-0.2, -0.15) is 23.4 Å². The molecule has 0 aliphatic heterocycles. The fraction of sp³-hybridized carbons (Fsp3) is 0.176. The van der Waals surface area contributed by atoms with Crippen molar-refractivity contribution < 1.29 is 18.0 Å². The lowest BCUT2D eigenvalue weighted by Gasteiger charge is -2.12. The third-order valence-electron chi connectivity index (χ3n) is 3.66. The zero-order valence-electron chi connectivity index (χ0n) is 14.4. The van der Waals surface area contributed by atoms with Crippen molar-refractivity contribution in [1.29, 1.82) is 0 Å². The first-order valence-corrected chi connectivity index (χ1v) is 8.94. The molecule has 0 saturated heterocycles. The number of benzene rings is 1. The second-order valence-electron chi connectivity index (χ2n) is 5.69. The molecule has 0 aliphatic carbocycles. The molecule has 0 fully saturated rings. The summed E-state index contributed by atoms with van der Waals surface area (Å²) in [6.45, 7) is 1.64. The first-order valence-electron chi connectivity index (χ1n) is 7.95. The van der Waals surface area contributed by atoms with Crippen LogP contribution in [0.3, 0.4) is 0 Å². The molecule has 2 aromatic heterocycles. The number of nitrogens with one attached hydrogen (secondary N) is 2. The Morgan fingerprint density at radius 3 is 2.68 bits per heavy atom. The van der Waals surface area contributed by atoms with Gasteiger partial charge in [-0.15, -0.1) is 11.8 Å². The lowest BCUT2D eigenvalue weighted by Crippen LogP contribution is -2.15. The standard InChI is InChI=1S/C17H14F3N5O2S/c1-10-11(8-21-25(10)14-6-7-15(26)24-23-14)16(27)22-12-4-2-3-5-13(12)28-9-17(18,19)20/h2-8H,9H2,1H3,(H,22,27)(H,24,26). The average Bonchev–Trinajstić information content (AvgIpc) is 3.02. The number of hydrogen-bond donors (Lipinski definition) is 2. The monoisotopic (exact) mass is 409 g/mol. The highest BCUT2D eigenvalue weighted by atomic mass is 32.2. The minimum atomic E-state index is -4.32. The Morgan fingerprint density at radius 1 is 1.25 bits per heavy atom. The van der Waals surface area contributed by atoms with Gasteiger partial charge in [0.25, 0.3) is 11.5 Å². The number of alkyl halides is 3. The molecule has 1 amide bonds. The lowest BCUT2D eigenvalue weighted by molar-refractivity contribution is -0.105. The zero-order chi connectivity index (χ0) is 20.3. The number of carbonyl (C=O) groups excluding carboxylic acids is 1. The van der Waals surface area contributed by atoms with Crippen LogP contribution in [0.15, 0.2) is 52.3 Å². The van der Waals surface area contributed by atoms with Gasteiger partial charge >= 0.3 is 6.18 Å². The average molecular weight is 409 g/mol. The van der Waals surface area contributed by atoms with Crippen LogP contribution in [-0.4, -0.2) is 37.8 Å². The number of amides is 1. The summed E-state index contributed by atoms with van der Waals surface area (Å²) in [4.78, 5) is 24.0. The minimum absolute atomic E-state index is 0.226. The first kappa shape index (κ1) is 19.7. The number of halogens is 3. The Morgan fingerprint density at radius 2 is 2.00 bits per heavy atom. The van der Waals surface area contributed by atoms with E-state index < -0.39 is 17.8 Å². The van der Waals surface area contributed by atoms with E-state index in [-0.39, 0.29) is 16.8 Å². The van der Waals surface area contributed by atoms with Crippen LogP contribution in [0.1, 0.15) is 16.1 Å². The van der Waals surface area contributed by atoms with E-state index in [1.807, 2.05) is 0 Å². The van der Waals surface area contributed by atoms with Crippen molar-refractivity contribution in [2.24, 2.45) is 0 Å². The van der Waals surface area contributed by atoms with Gasteiger partial charge in [-0.05, 0) is 25.1 Å². The van der Waals surface area contributed by atoms with Gasteiger partial charge in [0.1, 0.15) is 0 Å². The molecule has 2 heterocycles. The Bertz CT molecular complexity index is 1040. The van der Waals surface area contributed by atoms with Crippen molar-refractivity contribution in [2.75, 3.05) is 11.1 Å². The number of rotatable bonds is 5. The van der Waals surface area contributed by atoms with E-state index in [0.717, 1.165) is 0 Å². The third-order valence-corrected chi connectivity index (χ3v) is 4.80. The Labute approximate surface area is 161 Å².